The summed E-state index contributed by atoms with van der Waals surface area (Å²) >= 11 is 1.61. The van der Waals surface area contributed by atoms with Crippen molar-refractivity contribution in [3.63, 3.8) is 0 Å². The first kappa shape index (κ1) is 15.6. The van der Waals surface area contributed by atoms with E-state index in [1.807, 2.05) is 12.1 Å². The molecule has 1 aromatic carbocycles. The van der Waals surface area contributed by atoms with Gasteiger partial charge in [0, 0.05) is 30.3 Å². The van der Waals surface area contributed by atoms with Crippen LogP contribution in [0.15, 0.2) is 24.3 Å². The van der Waals surface area contributed by atoms with Gasteiger partial charge in [-0.3, -0.25) is 4.79 Å². The number of hydrogen-bond acceptors (Lipinski definition) is 5. The summed E-state index contributed by atoms with van der Waals surface area (Å²) in [4.78, 5) is 20.6. The van der Waals surface area contributed by atoms with Crippen LogP contribution >= 0.6 is 11.3 Å². The van der Waals surface area contributed by atoms with Crippen molar-refractivity contribution in [3.05, 3.63) is 40.4 Å². The van der Waals surface area contributed by atoms with E-state index >= 15 is 0 Å². The highest BCUT2D eigenvalue weighted by molar-refractivity contribution is 7.15. The molecule has 2 aliphatic rings. The van der Waals surface area contributed by atoms with E-state index in [2.05, 4.69) is 34.4 Å². The predicted molar refractivity (Wildman–Crippen MR) is 94.6 cm³/mol. The Morgan fingerprint density at radius 3 is 2.92 bits per heavy atom. The number of nitrogens with one attached hydrogen (secondary N) is 1. The van der Waals surface area contributed by atoms with Crippen LogP contribution in [-0.2, 0) is 17.8 Å². The minimum Gasteiger partial charge on any atom is -0.497 e. The molecule has 0 saturated heterocycles. The number of benzene rings is 1. The summed E-state index contributed by atoms with van der Waals surface area (Å²) in [6.07, 6.45) is 1.88. The number of likely N-dealkylation sites (N-methyl/N-ethyl adjacent to an activating group) is 1. The third kappa shape index (κ3) is 3.03. The quantitative estimate of drug-likeness (QED) is 0.927. The number of anilines is 1. The second-order valence-corrected chi connectivity index (χ2v) is 7.67. The van der Waals surface area contributed by atoms with Crippen LogP contribution < -0.4 is 10.1 Å². The standard InChI is InChI=1S/C18H21N3O2S/c1-21-8-7-15-16(10-21)24-18(19-15)20-17(22)14-9-13(14)11-3-5-12(23-2)6-4-11/h3-6,13-14H,7-10H2,1-2H3,(H,19,20,22)/t13-,14+/m1/s1. The lowest BCUT2D eigenvalue weighted by Crippen LogP contribution is -2.25. The Hall–Kier alpha value is -1.92. The fourth-order valence-electron chi connectivity index (χ4n) is 3.28. The fourth-order valence-corrected chi connectivity index (χ4v) is 4.37. The number of aromatic nitrogens is 1. The molecule has 1 saturated carbocycles. The number of carbonyl (C=O) groups excluding carboxylic acids is 1. The lowest BCUT2D eigenvalue weighted by molar-refractivity contribution is -0.117. The monoisotopic (exact) mass is 343 g/mol. The first-order chi connectivity index (χ1) is 11.6. The van der Waals surface area contributed by atoms with Gasteiger partial charge in [-0.1, -0.05) is 12.1 Å². The van der Waals surface area contributed by atoms with Crippen LogP contribution in [0.25, 0.3) is 0 Å². The Morgan fingerprint density at radius 1 is 1.38 bits per heavy atom. The largest absolute Gasteiger partial charge is 0.497 e. The number of nitrogens with zero attached hydrogens (tertiary/aromatic N) is 2. The summed E-state index contributed by atoms with van der Waals surface area (Å²) in [5.41, 5.74) is 2.35. The van der Waals surface area contributed by atoms with Crippen LogP contribution in [0.3, 0.4) is 0 Å². The summed E-state index contributed by atoms with van der Waals surface area (Å²) in [6.45, 7) is 1.97. The summed E-state index contributed by atoms with van der Waals surface area (Å²) in [6, 6.07) is 8.01. The molecule has 2 atom stereocenters. The average molecular weight is 343 g/mol. The van der Waals surface area contributed by atoms with Crippen molar-refractivity contribution in [2.45, 2.75) is 25.3 Å². The van der Waals surface area contributed by atoms with Crippen LogP contribution in [0.2, 0.25) is 0 Å². The second kappa shape index (κ2) is 6.18. The van der Waals surface area contributed by atoms with Crippen molar-refractivity contribution in [1.82, 2.24) is 9.88 Å². The van der Waals surface area contributed by atoms with E-state index in [-0.39, 0.29) is 11.8 Å². The average Bonchev–Trinajstić information content (AvgIpc) is 3.29. The number of amides is 1. The summed E-state index contributed by atoms with van der Waals surface area (Å²) in [5, 5.41) is 3.77. The highest BCUT2D eigenvalue weighted by Crippen LogP contribution is 2.48. The number of hydrogen-bond donors (Lipinski definition) is 1. The minimum atomic E-state index is 0.0574. The lowest BCUT2D eigenvalue weighted by Gasteiger charge is -2.20. The molecule has 1 aliphatic heterocycles. The minimum absolute atomic E-state index is 0.0574. The van der Waals surface area contributed by atoms with E-state index in [1.54, 1.807) is 18.4 Å². The van der Waals surface area contributed by atoms with Crippen LogP contribution in [0.1, 0.15) is 28.5 Å². The molecule has 4 rings (SSSR count). The molecule has 24 heavy (non-hydrogen) atoms. The molecule has 1 N–H and O–H groups in total. The zero-order chi connectivity index (χ0) is 16.7. The van der Waals surface area contributed by atoms with Crippen molar-refractivity contribution in [1.29, 1.82) is 0 Å². The van der Waals surface area contributed by atoms with Gasteiger partial charge in [0.2, 0.25) is 5.91 Å². The Morgan fingerprint density at radius 2 is 2.17 bits per heavy atom. The van der Waals surface area contributed by atoms with Crippen molar-refractivity contribution < 1.29 is 9.53 Å². The molecule has 6 heteroatoms. The maximum atomic E-state index is 12.5. The number of methoxy groups -OCH3 is 1. The number of thiazole rings is 1. The molecule has 0 unspecified atom stereocenters. The number of rotatable bonds is 4. The van der Waals surface area contributed by atoms with Crippen LogP contribution in [-0.4, -0.2) is 36.5 Å². The van der Waals surface area contributed by atoms with Gasteiger partial charge in [-0.15, -0.1) is 11.3 Å². The maximum Gasteiger partial charge on any atom is 0.229 e. The molecule has 0 bridgehead atoms. The highest BCUT2D eigenvalue weighted by Gasteiger charge is 2.44. The summed E-state index contributed by atoms with van der Waals surface area (Å²) < 4.78 is 5.18. The normalized spacial score (nSPS) is 22.8. The molecule has 1 amide bonds. The van der Waals surface area contributed by atoms with Gasteiger partial charge in [0.15, 0.2) is 5.13 Å². The summed E-state index contributed by atoms with van der Waals surface area (Å²) in [7, 11) is 3.78. The molecule has 1 aliphatic carbocycles. The Bertz CT molecular complexity index is 756. The first-order valence-electron chi connectivity index (χ1n) is 8.26. The van der Waals surface area contributed by atoms with Gasteiger partial charge in [-0.2, -0.15) is 0 Å². The first-order valence-corrected chi connectivity index (χ1v) is 9.07. The van der Waals surface area contributed by atoms with Crippen LogP contribution in [0, 0.1) is 5.92 Å². The van der Waals surface area contributed by atoms with Gasteiger partial charge in [0.05, 0.1) is 12.8 Å². The van der Waals surface area contributed by atoms with E-state index < -0.39 is 0 Å². The third-order valence-electron chi connectivity index (χ3n) is 4.82. The van der Waals surface area contributed by atoms with E-state index in [9.17, 15) is 4.79 Å². The van der Waals surface area contributed by atoms with Crippen molar-refractivity contribution >= 4 is 22.4 Å². The molecule has 5 nitrogen and oxygen atoms in total. The second-order valence-electron chi connectivity index (χ2n) is 6.59. The van der Waals surface area contributed by atoms with Gasteiger partial charge < -0.3 is 15.0 Å². The molecule has 1 fully saturated rings. The molecule has 0 spiro atoms. The van der Waals surface area contributed by atoms with Crippen LogP contribution in [0.4, 0.5) is 5.13 Å². The van der Waals surface area contributed by atoms with E-state index in [4.69, 9.17) is 4.74 Å². The number of carbonyl (C=O) groups is 1. The zero-order valence-corrected chi connectivity index (χ0v) is 14.7. The van der Waals surface area contributed by atoms with Gasteiger partial charge in [0.1, 0.15) is 5.75 Å². The van der Waals surface area contributed by atoms with Crippen molar-refractivity contribution in [2.75, 3.05) is 26.0 Å². The van der Waals surface area contributed by atoms with Gasteiger partial charge in [0.25, 0.3) is 0 Å². The summed E-state index contributed by atoms with van der Waals surface area (Å²) in [5.74, 6) is 1.31. The fraction of sp³-hybridized carbons (Fsp3) is 0.444. The predicted octanol–water partition coefficient (Wildman–Crippen LogP) is 2.88. The van der Waals surface area contributed by atoms with Crippen LogP contribution in [0.5, 0.6) is 5.75 Å². The van der Waals surface area contributed by atoms with E-state index in [1.165, 1.54) is 10.4 Å². The highest BCUT2D eigenvalue weighted by atomic mass is 32.1. The molecule has 2 aromatic rings. The van der Waals surface area contributed by atoms with Crippen molar-refractivity contribution in [3.8, 4) is 5.75 Å². The zero-order valence-electron chi connectivity index (χ0n) is 13.9. The van der Waals surface area contributed by atoms with Gasteiger partial charge >= 0.3 is 0 Å². The maximum absolute atomic E-state index is 12.5. The Labute approximate surface area is 145 Å². The number of ether oxygens (including phenoxy) is 1. The smallest absolute Gasteiger partial charge is 0.229 e. The topological polar surface area (TPSA) is 54.5 Å². The Kier molecular flexibility index (Phi) is 4.02. The lowest BCUT2D eigenvalue weighted by atomic mass is 10.1. The molecule has 0 radical (unpaired) electrons. The SMILES string of the molecule is COc1ccc([C@H]2C[C@@H]2C(=O)Nc2nc3c(s2)CN(C)CC3)cc1. The molecule has 126 valence electrons. The molecular weight excluding hydrogens is 322 g/mol. The molecule has 1 aromatic heterocycles. The van der Waals surface area contributed by atoms with Gasteiger partial charge in [-0.25, -0.2) is 4.98 Å². The third-order valence-corrected chi connectivity index (χ3v) is 5.82. The Balaban J connectivity index is 1.39. The molecule has 2 heterocycles. The van der Waals surface area contributed by atoms with Crippen molar-refractivity contribution in [2.24, 2.45) is 5.92 Å². The molecular formula is C18H21N3O2S. The number of fused-ring (bicyclic) bond motifs is 1. The van der Waals surface area contributed by atoms with Gasteiger partial charge in [-0.05, 0) is 37.1 Å². The van der Waals surface area contributed by atoms with E-state index in [0.29, 0.717) is 5.92 Å². The van der Waals surface area contributed by atoms with E-state index in [0.717, 1.165) is 42.5 Å².